The molecule has 3 N–H and O–H groups in total. The number of hydrogen-bond acceptors (Lipinski definition) is 3. The first-order chi connectivity index (χ1) is 10.6. The molecule has 1 aliphatic carbocycles. The second-order valence-corrected chi connectivity index (χ2v) is 5.99. The lowest BCUT2D eigenvalue weighted by molar-refractivity contribution is -0.129. The topological polar surface area (TPSA) is 70.2 Å². The van der Waals surface area contributed by atoms with Gasteiger partial charge in [-0.2, -0.15) is 0 Å². The molecule has 2 aliphatic rings. The number of carbonyl (C=O) groups is 2. The van der Waals surface area contributed by atoms with Crippen LogP contribution in [0.5, 0.6) is 0 Å². The molecule has 1 aliphatic heterocycles. The molecule has 118 valence electrons. The second kappa shape index (κ2) is 6.44. The highest BCUT2D eigenvalue weighted by Crippen LogP contribution is 2.22. The van der Waals surface area contributed by atoms with Crippen LogP contribution in [0.25, 0.3) is 0 Å². The molecule has 6 heteroatoms. The summed E-state index contributed by atoms with van der Waals surface area (Å²) in [4.78, 5) is 24.1. The standard InChI is InChI=1S/C16H20FN3O2/c17-10-4-3-5-11(8-10)18-15(21)9-14-16(22)20-13-7-2-1-6-12(13)19-14/h3-5,8,12-14,19H,1-2,6-7,9H2,(H,18,21)(H,20,22)/t12-,13+,14+/m1/s1. The van der Waals surface area contributed by atoms with Crippen molar-refractivity contribution in [2.75, 3.05) is 5.32 Å². The Hall–Kier alpha value is -1.95. The third kappa shape index (κ3) is 3.44. The van der Waals surface area contributed by atoms with E-state index in [4.69, 9.17) is 0 Å². The molecule has 0 spiro atoms. The Labute approximate surface area is 128 Å². The number of amides is 2. The van der Waals surface area contributed by atoms with E-state index in [-0.39, 0.29) is 30.3 Å². The summed E-state index contributed by atoms with van der Waals surface area (Å²) >= 11 is 0. The van der Waals surface area contributed by atoms with E-state index < -0.39 is 11.9 Å². The number of rotatable bonds is 3. The average molecular weight is 305 g/mol. The summed E-state index contributed by atoms with van der Waals surface area (Å²) in [6.45, 7) is 0. The number of carbonyl (C=O) groups excluding carboxylic acids is 2. The van der Waals surface area contributed by atoms with Gasteiger partial charge in [0.25, 0.3) is 0 Å². The van der Waals surface area contributed by atoms with Crippen LogP contribution in [0, 0.1) is 5.82 Å². The Morgan fingerprint density at radius 3 is 2.82 bits per heavy atom. The average Bonchev–Trinajstić information content (AvgIpc) is 2.48. The lowest BCUT2D eigenvalue weighted by atomic mass is 9.87. The maximum Gasteiger partial charge on any atom is 0.237 e. The molecule has 0 radical (unpaired) electrons. The summed E-state index contributed by atoms with van der Waals surface area (Å²) in [5.41, 5.74) is 0.400. The fraction of sp³-hybridized carbons (Fsp3) is 0.500. The number of halogens is 1. The molecule has 1 aromatic carbocycles. The minimum atomic E-state index is -0.520. The van der Waals surface area contributed by atoms with Gasteiger partial charge in [-0.15, -0.1) is 0 Å². The van der Waals surface area contributed by atoms with E-state index in [1.165, 1.54) is 18.2 Å². The highest BCUT2D eigenvalue weighted by atomic mass is 19.1. The molecule has 3 atom stereocenters. The lowest BCUT2D eigenvalue weighted by Gasteiger charge is -2.40. The van der Waals surface area contributed by atoms with Crippen molar-refractivity contribution >= 4 is 17.5 Å². The van der Waals surface area contributed by atoms with Gasteiger partial charge in [0.1, 0.15) is 5.82 Å². The van der Waals surface area contributed by atoms with Crippen molar-refractivity contribution in [1.29, 1.82) is 0 Å². The van der Waals surface area contributed by atoms with E-state index in [2.05, 4.69) is 16.0 Å². The molecule has 5 nitrogen and oxygen atoms in total. The van der Waals surface area contributed by atoms with Crippen LogP contribution >= 0.6 is 0 Å². The van der Waals surface area contributed by atoms with Crippen LogP contribution in [0.15, 0.2) is 24.3 Å². The number of fused-ring (bicyclic) bond motifs is 1. The number of anilines is 1. The van der Waals surface area contributed by atoms with Crippen LogP contribution in [0.4, 0.5) is 10.1 Å². The van der Waals surface area contributed by atoms with Gasteiger partial charge >= 0.3 is 0 Å². The Kier molecular flexibility index (Phi) is 4.38. The Morgan fingerprint density at radius 1 is 1.27 bits per heavy atom. The van der Waals surface area contributed by atoms with E-state index in [1.54, 1.807) is 6.07 Å². The minimum absolute atomic E-state index is 0.0472. The predicted octanol–water partition coefficient (Wildman–Crippen LogP) is 1.55. The first-order valence-corrected chi connectivity index (χ1v) is 7.73. The van der Waals surface area contributed by atoms with Crippen LogP contribution in [-0.4, -0.2) is 29.9 Å². The fourth-order valence-corrected chi connectivity index (χ4v) is 3.24. The maximum absolute atomic E-state index is 13.1. The van der Waals surface area contributed by atoms with Gasteiger partial charge in [0.2, 0.25) is 11.8 Å². The zero-order valence-corrected chi connectivity index (χ0v) is 12.3. The molecule has 22 heavy (non-hydrogen) atoms. The monoisotopic (exact) mass is 305 g/mol. The summed E-state index contributed by atoms with van der Waals surface area (Å²) in [6, 6.07) is 5.63. The molecule has 1 aromatic rings. The predicted molar refractivity (Wildman–Crippen MR) is 80.8 cm³/mol. The van der Waals surface area contributed by atoms with Crippen molar-refractivity contribution in [3.63, 3.8) is 0 Å². The summed E-state index contributed by atoms with van der Waals surface area (Å²) in [5, 5.41) is 8.92. The first-order valence-electron chi connectivity index (χ1n) is 7.73. The van der Waals surface area contributed by atoms with Crippen molar-refractivity contribution in [2.24, 2.45) is 0 Å². The summed E-state index contributed by atoms with van der Waals surface area (Å²) in [5.74, 6) is -0.832. The molecular weight excluding hydrogens is 285 g/mol. The van der Waals surface area contributed by atoms with Crippen molar-refractivity contribution < 1.29 is 14.0 Å². The maximum atomic E-state index is 13.1. The van der Waals surface area contributed by atoms with Crippen molar-refractivity contribution in [3.05, 3.63) is 30.1 Å². The molecule has 0 unspecified atom stereocenters. The summed E-state index contributed by atoms with van der Waals surface area (Å²) in [6.07, 6.45) is 4.34. The molecule has 3 rings (SSSR count). The van der Waals surface area contributed by atoms with Crippen molar-refractivity contribution in [2.45, 2.75) is 50.2 Å². The summed E-state index contributed by atoms with van der Waals surface area (Å²) < 4.78 is 13.1. The quantitative estimate of drug-likeness (QED) is 0.793. The van der Waals surface area contributed by atoms with Gasteiger partial charge < -0.3 is 16.0 Å². The Balaban J connectivity index is 1.57. The van der Waals surface area contributed by atoms with E-state index >= 15 is 0 Å². The minimum Gasteiger partial charge on any atom is -0.350 e. The molecule has 1 saturated carbocycles. The first kappa shape index (κ1) is 15.0. The van der Waals surface area contributed by atoms with Gasteiger partial charge in [0.15, 0.2) is 0 Å². The molecular formula is C16H20FN3O2. The number of benzene rings is 1. The van der Waals surface area contributed by atoms with E-state index in [0.717, 1.165) is 25.7 Å². The Morgan fingerprint density at radius 2 is 2.05 bits per heavy atom. The van der Waals surface area contributed by atoms with Gasteiger partial charge in [-0.3, -0.25) is 9.59 Å². The van der Waals surface area contributed by atoms with Gasteiger partial charge in [0, 0.05) is 17.8 Å². The van der Waals surface area contributed by atoms with Gasteiger partial charge in [-0.1, -0.05) is 18.9 Å². The van der Waals surface area contributed by atoms with Gasteiger partial charge in [-0.05, 0) is 31.0 Å². The van der Waals surface area contributed by atoms with Crippen molar-refractivity contribution in [3.8, 4) is 0 Å². The van der Waals surface area contributed by atoms with Crippen LogP contribution in [-0.2, 0) is 9.59 Å². The third-order valence-electron chi connectivity index (χ3n) is 4.32. The smallest absolute Gasteiger partial charge is 0.237 e. The van der Waals surface area contributed by atoms with Crippen LogP contribution in [0.2, 0.25) is 0 Å². The molecule has 1 saturated heterocycles. The van der Waals surface area contributed by atoms with E-state index in [9.17, 15) is 14.0 Å². The number of hydrogen-bond donors (Lipinski definition) is 3. The lowest BCUT2D eigenvalue weighted by Crippen LogP contribution is -2.65. The van der Waals surface area contributed by atoms with Crippen LogP contribution in [0.3, 0.4) is 0 Å². The van der Waals surface area contributed by atoms with Gasteiger partial charge in [-0.25, -0.2) is 4.39 Å². The highest BCUT2D eigenvalue weighted by molar-refractivity contribution is 5.95. The van der Waals surface area contributed by atoms with E-state index in [1.807, 2.05) is 0 Å². The molecule has 1 heterocycles. The van der Waals surface area contributed by atoms with Gasteiger partial charge in [0.05, 0.1) is 12.5 Å². The second-order valence-electron chi connectivity index (χ2n) is 5.99. The largest absolute Gasteiger partial charge is 0.350 e. The van der Waals surface area contributed by atoms with Crippen LogP contribution in [0.1, 0.15) is 32.1 Å². The zero-order chi connectivity index (χ0) is 15.5. The van der Waals surface area contributed by atoms with Crippen molar-refractivity contribution in [1.82, 2.24) is 10.6 Å². The molecule has 0 aromatic heterocycles. The third-order valence-corrected chi connectivity index (χ3v) is 4.32. The molecule has 2 amide bonds. The zero-order valence-electron chi connectivity index (χ0n) is 12.3. The molecule has 0 bridgehead atoms. The SMILES string of the molecule is O=C(C[C@@H]1N[C@@H]2CCCC[C@@H]2NC1=O)Nc1cccc(F)c1. The summed E-state index contributed by atoms with van der Waals surface area (Å²) in [7, 11) is 0. The highest BCUT2D eigenvalue weighted by Gasteiger charge is 2.36. The number of piperazine rings is 1. The fourth-order valence-electron chi connectivity index (χ4n) is 3.24. The normalized spacial score (nSPS) is 27.7. The molecule has 2 fully saturated rings. The van der Waals surface area contributed by atoms with E-state index in [0.29, 0.717) is 5.69 Å². The number of nitrogens with one attached hydrogen (secondary N) is 3. The van der Waals surface area contributed by atoms with Crippen LogP contribution < -0.4 is 16.0 Å². The Bertz CT molecular complexity index is 578.